The van der Waals surface area contributed by atoms with Crippen LogP contribution in [-0.4, -0.2) is 30.6 Å². The van der Waals surface area contributed by atoms with Gasteiger partial charge in [0, 0.05) is 24.3 Å². The van der Waals surface area contributed by atoms with Crippen molar-refractivity contribution in [3.05, 3.63) is 39.8 Å². The molecule has 1 aromatic heterocycles. The van der Waals surface area contributed by atoms with E-state index in [9.17, 15) is 4.79 Å². The third kappa shape index (κ3) is 4.49. The monoisotopic (exact) mass is 400 g/mol. The number of aromatic nitrogens is 1. The van der Waals surface area contributed by atoms with Crippen molar-refractivity contribution in [1.29, 1.82) is 0 Å². The Hall–Kier alpha value is -2.08. The van der Waals surface area contributed by atoms with Crippen LogP contribution in [0.4, 0.5) is 0 Å². The molecule has 1 aliphatic heterocycles. The average Bonchev–Trinajstić information content (AvgIpc) is 3.22. The summed E-state index contributed by atoms with van der Waals surface area (Å²) in [6.07, 6.45) is 7.34. The van der Waals surface area contributed by atoms with Gasteiger partial charge in [-0.2, -0.15) is 0 Å². The Bertz CT molecular complexity index is 814. The second-order valence-electron chi connectivity index (χ2n) is 7.67. The number of nitrogens with zero attached hydrogens (tertiary/aromatic N) is 1. The van der Waals surface area contributed by atoms with E-state index in [-0.39, 0.29) is 11.8 Å². The van der Waals surface area contributed by atoms with Crippen LogP contribution < -0.4 is 14.8 Å². The fourth-order valence-electron chi connectivity index (χ4n) is 3.95. The minimum absolute atomic E-state index is 0.0285. The van der Waals surface area contributed by atoms with Gasteiger partial charge in [-0.05, 0) is 37.5 Å². The molecular weight excluding hydrogens is 372 g/mol. The molecule has 1 saturated carbocycles. The molecule has 0 spiro atoms. The Morgan fingerprint density at radius 2 is 2.00 bits per heavy atom. The van der Waals surface area contributed by atoms with Gasteiger partial charge in [-0.25, -0.2) is 4.98 Å². The molecule has 5 nitrogen and oxygen atoms in total. The summed E-state index contributed by atoms with van der Waals surface area (Å²) in [6, 6.07) is 5.74. The minimum atomic E-state index is -0.232. The van der Waals surface area contributed by atoms with E-state index in [0.29, 0.717) is 25.7 Å². The summed E-state index contributed by atoms with van der Waals surface area (Å²) in [5, 5.41) is 6.39. The maximum absolute atomic E-state index is 12.6. The lowest BCUT2D eigenvalue weighted by atomic mass is 9.87. The van der Waals surface area contributed by atoms with Gasteiger partial charge in [0.15, 0.2) is 11.5 Å². The summed E-state index contributed by atoms with van der Waals surface area (Å²) in [4.78, 5) is 17.4. The third-order valence-corrected chi connectivity index (χ3v) is 6.62. The van der Waals surface area contributed by atoms with Crippen LogP contribution in [0.15, 0.2) is 23.6 Å². The molecule has 2 heterocycles. The average molecular weight is 401 g/mol. The summed E-state index contributed by atoms with van der Waals surface area (Å²) in [5.74, 6) is 1.91. The standard InChI is InChI=1S/C22H28N2O3S/c1-15(17-7-8-19-20(13-17)27-12-11-26-19)22(25)23-10-9-21-24-18(14-28-21)16-5-3-2-4-6-16/h7-8,13-16H,2-6,9-12H2,1H3,(H,23,25). The highest BCUT2D eigenvalue weighted by Gasteiger charge is 2.20. The van der Waals surface area contributed by atoms with Crippen molar-refractivity contribution in [1.82, 2.24) is 10.3 Å². The maximum atomic E-state index is 12.6. The van der Waals surface area contributed by atoms with Gasteiger partial charge >= 0.3 is 0 Å². The Labute approximate surface area is 170 Å². The molecule has 150 valence electrons. The Morgan fingerprint density at radius 3 is 2.82 bits per heavy atom. The van der Waals surface area contributed by atoms with E-state index in [2.05, 4.69) is 10.7 Å². The zero-order valence-corrected chi connectivity index (χ0v) is 17.2. The van der Waals surface area contributed by atoms with Gasteiger partial charge in [0.05, 0.1) is 16.6 Å². The predicted molar refractivity (Wildman–Crippen MR) is 111 cm³/mol. The Morgan fingerprint density at radius 1 is 1.21 bits per heavy atom. The summed E-state index contributed by atoms with van der Waals surface area (Å²) in [6.45, 7) is 3.66. The smallest absolute Gasteiger partial charge is 0.227 e. The highest BCUT2D eigenvalue weighted by atomic mass is 32.1. The van der Waals surface area contributed by atoms with Crippen molar-refractivity contribution >= 4 is 17.2 Å². The lowest BCUT2D eigenvalue weighted by molar-refractivity contribution is -0.122. The summed E-state index contributed by atoms with van der Waals surface area (Å²) >= 11 is 1.72. The molecule has 6 heteroatoms. The molecule has 28 heavy (non-hydrogen) atoms. The van der Waals surface area contributed by atoms with E-state index in [1.54, 1.807) is 11.3 Å². The van der Waals surface area contributed by atoms with E-state index in [1.165, 1.54) is 37.8 Å². The molecule has 4 rings (SSSR count). The van der Waals surface area contributed by atoms with E-state index in [1.807, 2.05) is 25.1 Å². The molecule has 1 N–H and O–H groups in total. The van der Waals surface area contributed by atoms with Crippen molar-refractivity contribution in [2.45, 2.75) is 57.3 Å². The van der Waals surface area contributed by atoms with E-state index < -0.39 is 0 Å². The summed E-state index contributed by atoms with van der Waals surface area (Å²) in [5.41, 5.74) is 2.20. The number of ether oxygens (including phenoxy) is 2. The lowest BCUT2D eigenvalue weighted by Crippen LogP contribution is -2.30. The first-order valence-corrected chi connectivity index (χ1v) is 11.2. The Kier molecular flexibility index (Phi) is 6.15. The molecule has 2 aliphatic rings. The van der Waals surface area contributed by atoms with Crippen molar-refractivity contribution in [3.8, 4) is 11.5 Å². The zero-order valence-electron chi connectivity index (χ0n) is 16.4. The van der Waals surface area contributed by atoms with Crippen molar-refractivity contribution in [2.24, 2.45) is 0 Å². The van der Waals surface area contributed by atoms with E-state index >= 15 is 0 Å². The van der Waals surface area contributed by atoms with Crippen LogP contribution in [0.5, 0.6) is 11.5 Å². The van der Waals surface area contributed by atoms with Crippen LogP contribution in [0.3, 0.4) is 0 Å². The highest BCUT2D eigenvalue weighted by molar-refractivity contribution is 7.09. The molecule has 2 aromatic rings. The predicted octanol–water partition coefficient (Wildman–Crippen LogP) is 4.42. The fourth-order valence-corrected chi connectivity index (χ4v) is 4.83. The summed E-state index contributed by atoms with van der Waals surface area (Å²) < 4.78 is 11.2. The fraction of sp³-hybridized carbons (Fsp3) is 0.545. The second-order valence-corrected chi connectivity index (χ2v) is 8.61. The molecule has 1 atom stereocenters. The molecule has 1 fully saturated rings. The minimum Gasteiger partial charge on any atom is -0.486 e. The van der Waals surface area contributed by atoms with Crippen LogP contribution in [-0.2, 0) is 11.2 Å². The van der Waals surface area contributed by atoms with Gasteiger partial charge in [-0.15, -0.1) is 11.3 Å². The number of hydrogen-bond donors (Lipinski definition) is 1. The molecule has 1 aromatic carbocycles. The number of hydrogen-bond acceptors (Lipinski definition) is 5. The number of carbonyl (C=O) groups is 1. The second kappa shape index (κ2) is 8.95. The van der Waals surface area contributed by atoms with Crippen LogP contribution in [0.25, 0.3) is 0 Å². The molecule has 1 unspecified atom stereocenters. The van der Waals surface area contributed by atoms with Crippen LogP contribution in [0.1, 0.15) is 67.1 Å². The van der Waals surface area contributed by atoms with Gasteiger partial charge in [-0.1, -0.05) is 25.3 Å². The van der Waals surface area contributed by atoms with Crippen LogP contribution in [0.2, 0.25) is 0 Å². The zero-order chi connectivity index (χ0) is 19.3. The SMILES string of the molecule is CC(C(=O)NCCc1nc(C2CCCCC2)cs1)c1ccc2c(c1)OCCO2. The van der Waals surface area contributed by atoms with Crippen LogP contribution in [0, 0.1) is 0 Å². The topological polar surface area (TPSA) is 60.5 Å². The van der Waals surface area contributed by atoms with E-state index in [0.717, 1.165) is 28.5 Å². The van der Waals surface area contributed by atoms with Gasteiger partial charge in [-0.3, -0.25) is 4.79 Å². The third-order valence-electron chi connectivity index (χ3n) is 5.69. The normalized spacial score (nSPS) is 17.9. The molecule has 0 saturated heterocycles. The number of thiazole rings is 1. The molecule has 0 bridgehead atoms. The maximum Gasteiger partial charge on any atom is 0.227 e. The number of amides is 1. The number of rotatable bonds is 6. The lowest BCUT2D eigenvalue weighted by Gasteiger charge is -2.20. The molecule has 1 aliphatic carbocycles. The van der Waals surface area contributed by atoms with Crippen molar-refractivity contribution in [2.75, 3.05) is 19.8 Å². The number of benzene rings is 1. The first-order valence-electron chi connectivity index (χ1n) is 10.3. The number of fused-ring (bicyclic) bond motifs is 1. The van der Waals surface area contributed by atoms with Crippen molar-refractivity contribution in [3.63, 3.8) is 0 Å². The quantitative estimate of drug-likeness (QED) is 0.779. The number of carbonyl (C=O) groups excluding carboxylic acids is 1. The van der Waals surface area contributed by atoms with Crippen molar-refractivity contribution < 1.29 is 14.3 Å². The largest absolute Gasteiger partial charge is 0.486 e. The van der Waals surface area contributed by atoms with E-state index in [4.69, 9.17) is 14.5 Å². The first kappa shape index (κ1) is 19.2. The first-order chi connectivity index (χ1) is 13.7. The molecule has 0 radical (unpaired) electrons. The molecule has 1 amide bonds. The van der Waals surface area contributed by atoms with Crippen LogP contribution >= 0.6 is 11.3 Å². The van der Waals surface area contributed by atoms with Gasteiger partial charge in [0.25, 0.3) is 0 Å². The van der Waals surface area contributed by atoms with Gasteiger partial charge < -0.3 is 14.8 Å². The van der Waals surface area contributed by atoms with Gasteiger partial charge in [0.2, 0.25) is 5.91 Å². The summed E-state index contributed by atoms with van der Waals surface area (Å²) in [7, 11) is 0. The Balaban J connectivity index is 1.28. The molecular formula is C22H28N2O3S. The number of nitrogens with one attached hydrogen (secondary N) is 1. The van der Waals surface area contributed by atoms with Gasteiger partial charge in [0.1, 0.15) is 13.2 Å². The highest BCUT2D eigenvalue weighted by Crippen LogP contribution is 2.34.